The molecule has 21 aromatic carbocycles. The van der Waals surface area contributed by atoms with Crippen molar-refractivity contribution in [2.75, 3.05) is 0 Å². The van der Waals surface area contributed by atoms with Crippen LogP contribution in [0, 0.1) is 6.92 Å². The summed E-state index contributed by atoms with van der Waals surface area (Å²) >= 11 is 0. The van der Waals surface area contributed by atoms with Crippen LogP contribution in [0.15, 0.2) is 473 Å². The zero-order chi connectivity index (χ0) is 87.9. The van der Waals surface area contributed by atoms with Crippen LogP contribution in [-0.2, 0) is 0 Å². The quantitative estimate of drug-likeness (QED) is 0.110. The van der Waals surface area contributed by atoms with Gasteiger partial charge in [0.05, 0.1) is 77.2 Å². The van der Waals surface area contributed by atoms with Gasteiger partial charge in [-0.2, -0.15) is 0 Å². The minimum Gasteiger partial charge on any atom is -0.309 e. The largest absolute Gasteiger partial charge is 0.309 e. The number of fused-ring (bicyclic) bond motifs is 21. The van der Waals surface area contributed by atoms with E-state index in [2.05, 4.69) is 512 Å². The molecule has 0 fully saturated rings. The molecule has 0 amide bonds. The summed E-state index contributed by atoms with van der Waals surface area (Å²) < 4.78 is 16.9. The first kappa shape index (κ1) is 75.2. The van der Waals surface area contributed by atoms with Crippen molar-refractivity contribution in [3.8, 4) is 107 Å². The Morgan fingerprint density at radius 2 is 0.224 bits per heavy atom. The minimum atomic E-state index is 1.10. The van der Waals surface area contributed by atoms with Crippen LogP contribution in [0.5, 0.6) is 0 Å². The van der Waals surface area contributed by atoms with Crippen LogP contribution in [0.2, 0.25) is 0 Å². The molecule has 0 saturated heterocycles. The number of hydrogen-bond acceptors (Lipinski definition) is 0. The Balaban J connectivity index is 0.531. The molecule has 0 aliphatic heterocycles. The third-order valence-electron chi connectivity index (χ3n) is 28.7. The molecule has 0 unspecified atom stereocenters. The Hall–Kier alpha value is -17.8. The van der Waals surface area contributed by atoms with Crippen molar-refractivity contribution in [2.24, 2.45) is 0 Å². The number of rotatable bonds is 13. The molecule has 28 rings (SSSR count). The van der Waals surface area contributed by atoms with E-state index in [4.69, 9.17) is 0 Å². The van der Waals surface area contributed by atoms with Gasteiger partial charge in [-0.25, -0.2) is 0 Å². The van der Waals surface area contributed by atoms with Gasteiger partial charge in [0.15, 0.2) is 0 Å². The molecule has 0 radical (unpaired) electrons. The lowest BCUT2D eigenvalue weighted by atomic mass is 10.00. The predicted molar refractivity (Wildman–Crippen MR) is 564 cm³/mol. The van der Waals surface area contributed by atoms with Crippen molar-refractivity contribution in [3.05, 3.63) is 479 Å². The van der Waals surface area contributed by atoms with Crippen LogP contribution < -0.4 is 0 Å². The molecule has 0 spiro atoms. The fourth-order valence-corrected chi connectivity index (χ4v) is 22.3. The molecule has 0 N–H and O–H groups in total. The van der Waals surface area contributed by atoms with E-state index in [0.717, 1.165) is 140 Å². The highest BCUT2D eigenvalue weighted by Crippen LogP contribution is 2.46. The van der Waals surface area contributed by atoms with E-state index in [0.29, 0.717) is 0 Å². The normalized spacial score (nSPS) is 12.1. The van der Waals surface area contributed by atoms with Crippen LogP contribution in [0.1, 0.15) is 5.56 Å². The number of aryl methyl sites for hydroxylation is 1. The van der Waals surface area contributed by atoms with Gasteiger partial charge < -0.3 is 32.0 Å². The maximum absolute atomic E-state index is 2.46. The zero-order valence-corrected chi connectivity index (χ0v) is 73.2. The van der Waals surface area contributed by atoms with Crippen LogP contribution in [0.25, 0.3) is 259 Å². The molecule has 0 atom stereocenters. The molecule has 28 aromatic rings. The van der Waals surface area contributed by atoms with Gasteiger partial charge in [-0.3, -0.25) is 0 Å². The Morgan fingerprint density at radius 1 is 0.104 bits per heavy atom. The molecule has 7 heteroatoms. The number of hydrogen-bond donors (Lipinski definition) is 0. The Morgan fingerprint density at radius 3 is 0.373 bits per heavy atom. The molecule has 0 bridgehead atoms. The van der Waals surface area contributed by atoms with E-state index in [1.54, 1.807) is 0 Å². The molecule has 0 aliphatic carbocycles. The summed E-state index contributed by atoms with van der Waals surface area (Å²) in [6.45, 7) is 2.16. The monoisotopic (exact) mass is 1700 g/mol. The van der Waals surface area contributed by atoms with Crippen molar-refractivity contribution in [3.63, 3.8) is 0 Å². The van der Waals surface area contributed by atoms with E-state index in [1.807, 2.05) is 0 Å². The highest BCUT2D eigenvalue weighted by atomic mass is 15.0. The van der Waals surface area contributed by atoms with Gasteiger partial charge in [0.1, 0.15) is 0 Å². The lowest BCUT2D eigenvalue weighted by Gasteiger charge is -2.12. The molecule has 0 saturated carbocycles. The topological polar surface area (TPSA) is 34.5 Å². The summed E-state index contributed by atoms with van der Waals surface area (Å²) in [4.78, 5) is 0. The zero-order valence-electron chi connectivity index (χ0n) is 73.2. The van der Waals surface area contributed by atoms with Crippen molar-refractivity contribution < 1.29 is 0 Å². The van der Waals surface area contributed by atoms with E-state index in [-0.39, 0.29) is 0 Å². The number of nitrogens with zero attached hydrogens (tertiary/aromatic N) is 7. The third-order valence-corrected chi connectivity index (χ3v) is 28.7. The maximum Gasteiger partial charge on any atom is 0.0541 e. The molecule has 0 aliphatic rings. The van der Waals surface area contributed by atoms with Gasteiger partial charge >= 0.3 is 0 Å². The minimum absolute atomic E-state index is 1.10. The summed E-state index contributed by atoms with van der Waals surface area (Å²) in [6, 6.07) is 176. The number of benzene rings is 21. The van der Waals surface area contributed by atoms with Crippen molar-refractivity contribution in [1.82, 2.24) is 32.0 Å². The lowest BCUT2D eigenvalue weighted by molar-refractivity contribution is 1.17. The fraction of sp³-hybridized carbons (Fsp3) is 0.00787. The number of para-hydroxylation sites is 8. The summed E-state index contributed by atoms with van der Waals surface area (Å²) in [6.07, 6.45) is 0. The molecular weight excluding hydrogens is 1620 g/mol. The molecule has 624 valence electrons. The molecule has 7 nitrogen and oxygen atoms in total. The van der Waals surface area contributed by atoms with Gasteiger partial charge in [-0.1, -0.05) is 272 Å². The fourth-order valence-electron chi connectivity index (χ4n) is 22.3. The average Bonchev–Trinajstić information content (AvgIpc) is 1.59. The lowest BCUT2D eigenvalue weighted by Crippen LogP contribution is -1.95. The first-order chi connectivity index (χ1) is 66.3. The summed E-state index contributed by atoms with van der Waals surface area (Å²) in [5.74, 6) is 0. The van der Waals surface area contributed by atoms with Gasteiger partial charge in [-0.15, -0.1) is 0 Å². The van der Waals surface area contributed by atoms with Gasteiger partial charge in [0.25, 0.3) is 0 Å². The second-order valence-corrected chi connectivity index (χ2v) is 36.0. The third kappa shape index (κ3) is 11.7. The van der Waals surface area contributed by atoms with Crippen molar-refractivity contribution in [1.29, 1.82) is 0 Å². The molecule has 134 heavy (non-hydrogen) atoms. The molecule has 7 aromatic heterocycles. The highest BCUT2D eigenvalue weighted by Gasteiger charge is 2.24. The Bertz CT molecular complexity index is 8530. The average molecular weight is 1710 g/mol. The predicted octanol–water partition coefficient (Wildman–Crippen LogP) is 33.7. The van der Waals surface area contributed by atoms with Crippen LogP contribution in [-0.4, -0.2) is 32.0 Å². The Kier molecular flexibility index (Phi) is 16.6. The highest BCUT2D eigenvalue weighted by molar-refractivity contribution is 6.17. The maximum atomic E-state index is 2.46. The van der Waals surface area contributed by atoms with Crippen molar-refractivity contribution in [2.45, 2.75) is 6.92 Å². The van der Waals surface area contributed by atoms with E-state index < -0.39 is 0 Å². The van der Waals surface area contributed by atoms with Crippen LogP contribution in [0.4, 0.5) is 0 Å². The summed E-state index contributed by atoms with van der Waals surface area (Å²) in [5, 5.41) is 17.2. The first-order valence-corrected chi connectivity index (χ1v) is 46.2. The van der Waals surface area contributed by atoms with Crippen molar-refractivity contribution >= 4 is 153 Å². The second-order valence-electron chi connectivity index (χ2n) is 36.0. The standard InChI is InChI=1S/C127H81N7/c1-80-34-54-93(55-35-80)132-122-68-48-87(85-44-64-98(65-45-85)133-124-70-50-89(81-36-56-94(57-37-81)128-114-26-10-2-18-100(114)101-19-3-11-27-115(101)128)76-110(124)111-77-90(51-71-125(111)133)82-38-58-95(59-39-82)129-116-28-12-4-20-102(116)103-21-5-13-29-117(103)129)74-108(122)109-75-88(49-69-123(109)132)86-46-66-99(67-47-86)134-126-72-52-91(83-40-60-96(61-41-83)130-118-30-14-6-22-104(118)105-23-7-15-31-119(105)130)78-112(126)113-79-92(53-73-127(113)134)84-42-62-97(63-43-84)131-120-32-16-8-24-106(120)107-25-9-17-33-121(107)131/h2-79H,1H3. The van der Waals surface area contributed by atoms with Crippen LogP contribution >= 0.6 is 0 Å². The molecule has 7 heterocycles. The smallest absolute Gasteiger partial charge is 0.0541 e. The first-order valence-electron chi connectivity index (χ1n) is 46.2. The van der Waals surface area contributed by atoms with Gasteiger partial charge in [-0.05, 0) is 280 Å². The number of aromatic nitrogens is 7. The SMILES string of the molecule is Cc1ccc(-n2c3ccc(-c4ccc(-n5c6ccc(-c7ccc(-n8c9ccccc9c9ccccc98)cc7)cc6c6cc(-c7ccc(-n8c9ccccc9c9ccccc98)cc7)ccc65)cc4)cc3c3cc(-c4ccc(-n5c6ccc(-c7ccc(-n8c9ccccc9c9ccccc98)cc7)cc6c6cc(-c7ccc(-n8c9ccccc9c9ccccc98)cc7)ccc65)cc4)ccc32)cc1. The second kappa shape index (κ2) is 29.6. The van der Waals surface area contributed by atoms with Crippen LogP contribution in [0.3, 0.4) is 0 Å². The summed E-state index contributed by atoms with van der Waals surface area (Å²) in [7, 11) is 0. The van der Waals surface area contributed by atoms with Gasteiger partial charge in [0, 0.05) is 115 Å². The van der Waals surface area contributed by atoms with E-state index >= 15 is 0 Å². The van der Waals surface area contributed by atoms with E-state index in [9.17, 15) is 0 Å². The van der Waals surface area contributed by atoms with Gasteiger partial charge in [0.2, 0.25) is 0 Å². The van der Waals surface area contributed by atoms with E-state index in [1.165, 1.54) is 125 Å². The molecular formula is C127H81N7. The summed E-state index contributed by atoms with van der Waals surface area (Å²) in [5.41, 5.74) is 39.5. The Labute approximate surface area is 771 Å².